The molecule has 10 heteroatoms. The Labute approximate surface area is 168 Å². The third-order valence-electron chi connectivity index (χ3n) is 3.85. The number of aliphatic carboxylic acids is 2. The second-order valence-electron chi connectivity index (χ2n) is 5.74. The van der Waals surface area contributed by atoms with Crippen LogP contribution < -0.4 is 0 Å². The molecular weight excluding hydrogens is 400 g/mol. The van der Waals surface area contributed by atoms with E-state index in [1.54, 1.807) is 0 Å². The first-order valence-corrected chi connectivity index (χ1v) is 8.26. The number of esters is 2. The van der Waals surface area contributed by atoms with Gasteiger partial charge in [-0.15, -0.1) is 0 Å². The van der Waals surface area contributed by atoms with E-state index in [1.165, 1.54) is 48.5 Å². The minimum atomic E-state index is -2.43. The van der Waals surface area contributed by atoms with Crippen LogP contribution in [0.15, 0.2) is 48.5 Å². The number of ether oxygens (including phenoxy) is 2. The monoisotopic (exact) mass is 414 g/mol. The third-order valence-corrected chi connectivity index (χ3v) is 3.85. The molecule has 2 aromatic carbocycles. The van der Waals surface area contributed by atoms with Crippen molar-refractivity contribution in [2.24, 2.45) is 0 Å². The van der Waals surface area contributed by atoms with Gasteiger partial charge >= 0.3 is 23.9 Å². The fourth-order valence-corrected chi connectivity index (χ4v) is 2.41. The van der Waals surface area contributed by atoms with E-state index in [4.69, 9.17) is 9.47 Å². The molecule has 2 rings (SSSR count). The van der Waals surface area contributed by atoms with Gasteiger partial charge in [0.1, 0.15) is 0 Å². The molecule has 2 atom stereocenters. The smallest absolute Gasteiger partial charge is 0.349 e. The number of benzene rings is 2. The van der Waals surface area contributed by atoms with Crippen molar-refractivity contribution in [1.29, 1.82) is 0 Å². The van der Waals surface area contributed by atoms with Gasteiger partial charge in [-0.2, -0.15) is 0 Å². The van der Waals surface area contributed by atoms with Gasteiger partial charge < -0.3 is 19.7 Å². The molecule has 0 aliphatic heterocycles. The highest BCUT2D eigenvalue weighted by Gasteiger charge is 2.41. The quantitative estimate of drug-likeness (QED) is 0.451. The number of carbonyl (C=O) groups is 6. The van der Waals surface area contributed by atoms with Crippen molar-refractivity contribution in [3.63, 3.8) is 0 Å². The first-order valence-electron chi connectivity index (χ1n) is 8.26. The van der Waals surface area contributed by atoms with E-state index >= 15 is 0 Å². The summed E-state index contributed by atoms with van der Waals surface area (Å²) < 4.78 is 9.46. The van der Waals surface area contributed by atoms with Crippen molar-refractivity contribution in [1.82, 2.24) is 0 Å². The van der Waals surface area contributed by atoms with Crippen molar-refractivity contribution in [2.45, 2.75) is 12.2 Å². The number of carboxylic acid groups (broad SMARTS) is 2. The Kier molecular flexibility index (Phi) is 7.12. The zero-order valence-electron chi connectivity index (χ0n) is 15.1. The molecule has 0 bridgehead atoms. The summed E-state index contributed by atoms with van der Waals surface area (Å²) in [7, 11) is 0. The molecule has 2 aromatic rings. The third kappa shape index (κ3) is 4.93. The Bertz CT molecular complexity index is 929. The Morgan fingerprint density at radius 1 is 0.667 bits per heavy atom. The van der Waals surface area contributed by atoms with Crippen LogP contribution in [-0.2, 0) is 19.1 Å². The summed E-state index contributed by atoms with van der Waals surface area (Å²) in [6.45, 7) is 0. The summed E-state index contributed by atoms with van der Waals surface area (Å²) in [6, 6.07) is 10.5. The van der Waals surface area contributed by atoms with Crippen LogP contribution in [0.4, 0.5) is 0 Å². The van der Waals surface area contributed by atoms with Crippen LogP contribution in [-0.4, -0.2) is 58.9 Å². The number of hydrogen-bond acceptors (Lipinski definition) is 8. The summed E-state index contributed by atoms with van der Waals surface area (Å²) in [6.07, 6.45) is -4.20. The van der Waals surface area contributed by atoms with Gasteiger partial charge in [-0.05, 0) is 12.1 Å². The summed E-state index contributed by atoms with van der Waals surface area (Å²) in [5.41, 5.74) is -0.841. The Morgan fingerprint density at radius 2 is 1.00 bits per heavy atom. The van der Waals surface area contributed by atoms with E-state index in [-0.39, 0.29) is 22.3 Å². The number of carbonyl (C=O) groups excluding carboxylic acids is 4. The van der Waals surface area contributed by atoms with Gasteiger partial charge in [-0.25, -0.2) is 19.2 Å². The van der Waals surface area contributed by atoms with E-state index in [0.29, 0.717) is 12.6 Å². The number of hydrogen-bond donors (Lipinski definition) is 2. The van der Waals surface area contributed by atoms with Crippen LogP contribution in [0.3, 0.4) is 0 Å². The topological polar surface area (TPSA) is 161 Å². The molecule has 30 heavy (non-hydrogen) atoms. The molecule has 0 saturated heterocycles. The molecule has 0 aliphatic carbocycles. The lowest BCUT2D eigenvalue weighted by Gasteiger charge is -2.21. The molecule has 0 fully saturated rings. The van der Waals surface area contributed by atoms with Crippen LogP contribution in [0.2, 0.25) is 0 Å². The minimum Gasteiger partial charge on any atom is -0.478 e. The lowest BCUT2D eigenvalue weighted by molar-refractivity contribution is -0.166. The Morgan fingerprint density at radius 3 is 1.30 bits per heavy atom. The van der Waals surface area contributed by atoms with E-state index in [0.717, 1.165) is 0 Å². The van der Waals surface area contributed by atoms with Gasteiger partial charge in [0, 0.05) is 11.1 Å². The highest BCUT2D eigenvalue weighted by atomic mass is 16.6. The van der Waals surface area contributed by atoms with Gasteiger partial charge in [0.2, 0.25) is 12.2 Å². The van der Waals surface area contributed by atoms with Crippen LogP contribution in [0, 0.1) is 0 Å². The van der Waals surface area contributed by atoms with Gasteiger partial charge in [0.05, 0.1) is 11.1 Å². The Balaban J connectivity index is 2.32. The maximum atomic E-state index is 12.3. The predicted molar refractivity (Wildman–Crippen MR) is 97.3 cm³/mol. The summed E-state index contributed by atoms with van der Waals surface area (Å²) >= 11 is 0. The van der Waals surface area contributed by atoms with E-state index in [9.17, 15) is 39.0 Å². The average Bonchev–Trinajstić information content (AvgIpc) is 2.75. The SMILES string of the molecule is O=Cc1ccccc1C(=O)OC(C(=O)O)C(OC(=O)c1ccccc1C=O)C(=O)O. The van der Waals surface area contributed by atoms with Crippen molar-refractivity contribution >= 4 is 36.4 Å². The van der Waals surface area contributed by atoms with E-state index < -0.39 is 36.1 Å². The molecule has 0 radical (unpaired) electrons. The zero-order valence-corrected chi connectivity index (χ0v) is 15.1. The summed E-state index contributed by atoms with van der Waals surface area (Å²) in [5.74, 6) is -6.42. The Hall–Kier alpha value is -4.34. The van der Waals surface area contributed by atoms with Crippen LogP contribution in [0.1, 0.15) is 41.4 Å². The van der Waals surface area contributed by atoms with Gasteiger partial charge in [-0.3, -0.25) is 9.59 Å². The van der Waals surface area contributed by atoms with Crippen molar-refractivity contribution in [3.8, 4) is 0 Å². The van der Waals surface area contributed by atoms with Crippen molar-refractivity contribution < 1.29 is 48.5 Å². The second kappa shape index (κ2) is 9.73. The zero-order chi connectivity index (χ0) is 22.3. The number of carboxylic acids is 2. The molecule has 2 N–H and O–H groups in total. The maximum absolute atomic E-state index is 12.3. The lowest BCUT2D eigenvalue weighted by Crippen LogP contribution is -2.46. The molecule has 0 heterocycles. The fourth-order valence-electron chi connectivity index (χ4n) is 2.41. The fraction of sp³-hybridized carbons (Fsp3) is 0.100. The summed E-state index contributed by atoms with van der Waals surface area (Å²) in [4.78, 5) is 69.8. The molecular formula is C20H14O10. The standard InChI is InChI=1S/C20H14O10/c21-9-11-5-1-3-7-13(11)19(27)29-15(17(23)24)16(18(25)26)30-20(28)14-8-4-2-6-12(14)10-22/h1-10,15-16H,(H,23,24)(H,25,26). The predicted octanol–water partition coefficient (Wildman–Crippen LogP) is 1.23. The molecule has 0 aromatic heterocycles. The van der Waals surface area contributed by atoms with Crippen molar-refractivity contribution in [2.75, 3.05) is 0 Å². The van der Waals surface area contributed by atoms with E-state index in [2.05, 4.69) is 0 Å². The minimum absolute atomic E-state index is 0.115. The number of rotatable bonds is 9. The molecule has 10 nitrogen and oxygen atoms in total. The second-order valence-corrected chi connectivity index (χ2v) is 5.74. The summed E-state index contributed by atoms with van der Waals surface area (Å²) in [5, 5.41) is 18.7. The van der Waals surface area contributed by atoms with Crippen LogP contribution in [0.5, 0.6) is 0 Å². The first kappa shape index (κ1) is 22.0. The van der Waals surface area contributed by atoms with Gasteiger partial charge in [0.25, 0.3) is 0 Å². The molecule has 154 valence electrons. The molecule has 0 spiro atoms. The van der Waals surface area contributed by atoms with Crippen LogP contribution in [0.25, 0.3) is 0 Å². The average molecular weight is 414 g/mol. The maximum Gasteiger partial charge on any atom is 0.349 e. The van der Waals surface area contributed by atoms with Crippen LogP contribution >= 0.6 is 0 Å². The lowest BCUT2D eigenvalue weighted by atomic mass is 10.1. The number of aldehydes is 2. The van der Waals surface area contributed by atoms with Gasteiger partial charge in [-0.1, -0.05) is 36.4 Å². The highest BCUT2D eigenvalue weighted by molar-refractivity contribution is 6.01. The molecule has 0 saturated carbocycles. The normalized spacial score (nSPS) is 12.1. The molecule has 0 amide bonds. The largest absolute Gasteiger partial charge is 0.478 e. The van der Waals surface area contributed by atoms with Gasteiger partial charge in [0.15, 0.2) is 12.6 Å². The highest BCUT2D eigenvalue weighted by Crippen LogP contribution is 2.16. The van der Waals surface area contributed by atoms with E-state index in [1.807, 2.05) is 0 Å². The molecule has 2 unspecified atom stereocenters. The molecule has 0 aliphatic rings. The van der Waals surface area contributed by atoms with Crippen molar-refractivity contribution in [3.05, 3.63) is 70.8 Å². The first-order chi connectivity index (χ1) is 14.3.